The molecule has 0 spiro atoms. The minimum atomic E-state index is -0.984. The highest BCUT2D eigenvalue weighted by Crippen LogP contribution is 2.04. The number of hydrogen-bond donors (Lipinski definition) is 3. The number of nitrogens with one attached hydrogen (secondary N) is 2. The predicted molar refractivity (Wildman–Crippen MR) is 74.7 cm³/mol. The van der Waals surface area contributed by atoms with Crippen molar-refractivity contribution in [1.82, 2.24) is 10.6 Å². The van der Waals surface area contributed by atoms with Crippen molar-refractivity contribution >= 4 is 12.0 Å². The van der Waals surface area contributed by atoms with Crippen molar-refractivity contribution in [2.24, 2.45) is 0 Å². The first-order valence-corrected chi connectivity index (χ1v) is 6.48. The molecule has 0 saturated heterocycles. The van der Waals surface area contributed by atoms with Gasteiger partial charge in [-0.3, -0.25) is 0 Å². The van der Waals surface area contributed by atoms with Gasteiger partial charge < -0.3 is 20.5 Å². The Morgan fingerprint density at radius 3 is 2.75 bits per heavy atom. The molecule has 6 heteroatoms. The van der Waals surface area contributed by atoms with Crippen LogP contribution in [0.1, 0.15) is 29.8 Å². The van der Waals surface area contributed by atoms with Gasteiger partial charge in [0.15, 0.2) is 0 Å². The van der Waals surface area contributed by atoms with Crippen LogP contribution in [0.3, 0.4) is 0 Å². The van der Waals surface area contributed by atoms with E-state index in [1.54, 1.807) is 12.1 Å². The molecule has 1 rings (SSSR count). The van der Waals surface area contributed by atoms with E-state index in [1.807, 2.05) is 13.8 Å². The zero-order valence-corrected chi connectivity index (χ0v) is 11.7. The minimum Gasteiger partial charge on any atom is -0.478 e. The maximum absolute atomic E-state index is 11.5. The van der Waals surface area contributed by atoms with Gasteiger partial charge in [0.1, 0.15) is 0 Å². The molecule has 1 atom stereocenters. The number of carbonyl (C=O) groups is 2. The minimum absolute atomic E-state index is 0.0407. The van der Waals surface area contributed by atoms with Crippen LogP contribution in [0.15, 0.2) is 24.3 Å². The van der Waals surface area contributed by atoms with Crippen molar-refractivity contribution in [2.45, 2.75) is 26.5 Å². The molecule has 0 bridgehead atoms. The van der Waals surface area contributed by atoms with Crippen LogP contribution in [0.5, 0.6) is 0 Å². The van der Waals surface area contributed by atoms with Gasteiger partial charge in [-0.25, -0.2) is 9.59 Å². The molecule has 110 valence electrons. The Balaban J connectivity index is 2.37. The topological polar surface area (TPSA) is 87.7 Å². The van der Waals surface area contributed by atoms with E-state index in [0.717, 1.165) is 5.56 Å². The zero-order chi connectivity index (χ0) is 15.0. The lowest BCUT2D eigenvalue weighted by atomic mass is 10.1. The van der Waals surface area contributed by atoms with Gasteiger partial charge in [0.2, 0.25) is 0 Å². The Morgan fingerprint density at radius 2 is 2.10 bits per heavy atom. The van der Waals surface area contributed by atoms with Crippen LogP contribution < -0.4 is 10.6 Å². The van der Waals surface area contributed by atoms with Crippen LogP contribution in [-0.2, 0) is 11.3 Å². The Bertz CT molecular complexity index is 462. The molecule has 0 heterocycles. The van der Waals surface area contributed by atoms with Gasteiger partial charge in [-0.15, -0.1) is 0 Å². The van der Waals surface area contributed by atoms with Gasteiger partial charge in [-0.05, 0) is 31.5 Å². The normalized spacial score (nSPS) is 11.7. The molecule has 2 amide bonds. The molecule has 1 unspecified atom stereocenters. The highest BCUT2D eigenvalue weighted by atomic mass is 16.5. The molecule has 0 fully saturated rings. The van der Waals surface area contributed by atoms with Crippen LogP contribution >= 0.6 is 0 Å². The molecule has 1 aromatic carbocycles. The van der Waals surface area contributed by atoms with Crippen LogP contribution in [0.25, 0.3) is 0 Å². The van der Waals surface area contributed by atoms with Crippen molar-refractivity contribution in [3.63, 3.8) is 0 Å². The summed E-state index contributed by atoms with van der Waals surface area (Å²) in [5, 5.41) is 14.2. The lowest BCUT2D eigenvalue weighted by molar-refractivity contribution is 0.0696. The summed E-state index contributed by atoms with van der Waals surface area (Å²) in [5.74, 6) is -0.984. The molecule has 0 aliphatic rings. The van der Waals surface area contributed by atoms with Crippen molar-refractivity contribution in [1.29, 1.82) is 0 Å². The first-order chi connectivity index (χ1) is 9.52. The van der Waals surface area contributed by atoms with Gasteiger partial charge >= 0.3 is 12.0 Å². The third-order valence-corrected chi connectivity index (χ3v) is 2.63. The standard InChI is InChI=1S/C14H20N2O4/c1-3-20-10(2)8-15-14(19)16-9-11-5-4-6-12(7-11)13(17)18/h4-7,10H,3,8-9H2,1-2H3,(H,17,18)(H2,15,16,19). The van der Waals surface area contributed by atoms with Gasteiger partial charge in [-0.2, -0.15) is 0 Å². The molecule has 0 aliphatic carbocycles. The first-order valence-electron chi connectivity index (χ1n) is 6.48. The van der Waals surface area contributed by atoms with Crippen LogP contribution in [-0.4, -0.2) is 36.4 Å². The van der Waals surface area contributed by atoms with Crippen molar-refractivity contribution in [3.05, 3.63) is 35.4 Å². The second kappa shape index (κ2) is 8.16. The molecular weight excluding hydrogens is 260 g/mol. The third-order valence-electron chi connectivity index (χ3n) is 2.63. The van der Waals surface area contributed by atoms with E-state index < -0.39 is 5.97 Å². The molecular formula is C14H20N2O4. The maximum Gasteiger partial charge on any atom is 0.335 e. The van der Waals surface area contributed by atoms with Gasteiger partial charge in [0, 0.05) is 19.7 Å². The van der Waals surface area contributed by atoms with Crippen molar-refractivity contribution < 1.29 is 19.4 Å². The summed E-state index contributed by atoms with van der Waals surface area (Å²) in [6.07, 6.45) is -0.0407. The number of ether oxygens (including phenoxy) is 1. The molecule has 0 aliphatic heterocycles. The number of urea groups is 1. The number of benzene rings is 1. The monoisotopic (exact) mass is 280 g/mol. The Labute approximate surface area is 118 Å². The number of hydrogen-bond acceptors (Lipinski definition) is 3. The fourth-order valence-corrected chi connectivity index (χ4v) is 1.64. The number of carboxylic acid groups (broad SMARTS) is 1. The summed E-state index contributed by atoms with van der Waals surface area (Å²) in [6, 6.07) is 6.14. The number of rotatable bonds is 7. The second-order valence-corrected chi connectivity index (χ2v) is 4.34. The zero-order valence-electron chi connectivity index (χ0n) is 11.7. The van der Waals surface area contributed by atoms with Gasteiger partial charge in [0.25, 0.3) is 0 Å². The summed E-state index contributed by atoms with van der Waals surface area (Å²) in [4.78, 5) is 22.4. The lowest BCUT2D eigenvalue weighted by Crippen LogP contribution is -2.39. The Morgan fingerprint density at radius 1 is 1.35 bits per heavy atom. The Kier molecular flexibility index (Phi) is 6.52. The maximum atomic E-state index is 11.5. The first kappa shape index (κ1) is 16.0. The summed E-state index contributed by atoms with van der Waals surface area (Å²) in [7, 11) is 0. The van der Waals surface area contributed by atoms with E-state index in [4.69, 9.17) is 9.84 Å². The molecule has 0 radical (unpaired) electrons. The van der Waals surface area contributed by atoms with E-state index in [2.05, 4.69) is 10.6 Å². The molecule has 0 saturated carbocycles. The summed E-state index contributed by atoms with van der Waals surface area (Å²) >= 11 is 0. The highest BCUT2D eigenvalue weighted by molar-refractivity contribution is 5.87. The van der Waals surface area contributed by atoms with Gasteiger partial charge in [0.05, 0.1) is 11.7 Å². The Hall–Kier alpha value is -2.08. The van der Waals surface area contributed by atoms with Crippen LogP contribution in [0, 0.1) is 0 Å². The highest BCUT2D eigenvalue weighted by Gasteiger charge is 2.06. The average molecular weight is 280 g/mol. The largest absolute Gasteiger partial charge is 0.478 e. The molecule has 1 aromatic rings. The van der Waals surface area contributed by atoms with E-state index >= 15 is 0 Å². The SMILES string of the molecule is CCOC(C)CNC(=O)NCc1cccc(C(=O)O)c1. The van der Waals surface area contributed by atoms with Crippen LogP contribution in [0.2, 0.25) is 0 Å². The van der Waals surface area contributed by atoms with E-state index in [9.17, 15) is 9.59 Å². The second-order valence-electron chi connectivity index (χ2n) is 4.34. The summed E-state index contributed by atoms with van der Waals surface area (Å²) < 4.78 is 5.29. The molecule has 0 aromatic heterocycles. The fourth-order valence-electron chi connectivity index (χ4n) is 1.64. The molecule has 3 N–H and O–H groups in total. The van der Waals surface area contributed by atoms with Gasteiger partial charge in [-0.1, -0.05) is 12.1 Å². The smallest absolute Gasteiger partial charge is 0.335 e. The predicted octanol–water partition coefficient (Wildman–Crippen LogP) is 1.61. The average Bonchev–Trinajstić information content (AvgIpc) is 2.43. The van der Waals surface area contributed by atoms with Crippen LogP contribution in [0.4, 0.5) is 4.79 Å². The fraction of sp³-hybridized carbons (Fsp3) is 0.429. The van der Waals surface area contributed by atoms with E-state index in [0.29, 0.717) is 13.2 Å². The summed E-state index contributed by atoms with van der Waals surface area (Å²) in [6.45, 7) is 5.07. The third kappa shape index (κ3) is 5.71. The van der Waals surface area contributed by atoms with E-state index in [-0.39, 0.29) is 24.2 Å². The molecule has 20 heavy (non-hydrogen) atoms. The number of aromatic carboxylic acids is 1. The number of carbonyl (C=O) groups excluding carboxylic acids is 1. The van der Waals surface area contributed by atoms with Crippen molar-refractivity contribution in [3.8, 4) is 0 Å². The number of amides is 2. The van der Waals surface area contributed by atoms with Crippen molar-refractivity contribution in [2.75, 3.05) is 13.2 Å². The quantitative estimate of drug-likeness (QED) is 0.708. The number of carboxylic acids is 1. The lowest BCUT2D eigenvalue weighted by Gasteiger charge is -2.13. The molecule has 6 nitrogen and oxygen atoms in total. The van der Waals surface area contributed by atoms with E-state index in [1.165, 1.54) is 12.1 Å². The summed E-state index contributed by atoms with van der Waals surface area (Å²) in [5.41, 5.74) is 0.938.